The lowest BCUT2D eigenvalue weighted by Crippen LogP contribution is -2.30. The van der Waals surface area contributed by atoms with Gasteiger partial charge in [-0.15, -0.1) is 0 Å². The topological polar surface area (TPSA) is 78.5 Å². The first-order chi connectivity index (χ1) is 14.2. The van der Waals surface area contributed by atoms with Gasteiger partial charge in [-0.25, -0.2) is 0 Å². The minimum absolute atomic E-state index is 0.0545. The summed E-state index contributed by atoms with van der Waals surface area (Å²) in [7, 11) is 0. The first-order valence-corrected chi connectivity index (χ1v) is 10.8. The molecule has 0 bridgehead atoms. The molecule has 2 aromatic carbocycles. The summed E-state index contributed by atoms with van der Waals surface area (Å²) in [6, 6.07) is 11.8. The minimum Gasteiger partial charge on any atom is -0.349 e. The van der Waals surface area contributed by atoms with Crippen molar-refractivity contribution in [3.05, 3.63) is 63.1 Å². The van der Waals surface area contributed by atoms with E-state index in [9.17, 15) is 14.4 Å². The molecule has 0 saturated carbocycles. The largest absolute Gasteiger partial charge is 0.349 e. The van der Waals surface area contributed by atoms with E-state index >= 15 is 0 Å². The van der Waals surface area contributed by atoms with E-state index in [-0.39, 0.29) is 29.2 Å². The molecule has 1 atom stereocenters. The van der Waals surface area contributed by atoms with E-state index in [0.29, 0.717) is 24.3 Å². The van der Waals surface area contributed by atoms with Crippen molar-refractivity contribution < 1.29 is 14.4 Å². The van der Waals surface area contributed by atoms with Gasteiger partial charge in [-0.05, 0) is 49.7 Å². The minimum atomic E-state index is -0.463. The van der Waals surface area contributed by atoms with Crippen molar-refractivity contribution in [2.24, 2.45) is 0 Å². The maximum absolute atomic E-state index is 12.6. The second-order valence-corrected chi connectivity index (χ2v) is 8.05. The molecule has 0 aromatic heterocycles. The van der Waals surface area contributed by atoms with Crippen molar-refractivity contribution in [2.45, 2.75) is 33.2 Å². The second kappa shape index (κ2) is 11.1. The number of amides is 3. The normalized spacial score (nSPS) is 11.5. The summed E-state index contributed by atoms with van der Waals surface area (Å²) < 4.78 is 0.909. The Kier molecular flexibility index (Phi) is 8.87. The molecule has 2 N–H and O–H groups in total. The van der Waals surface area contributed by atoms with Crippen molar-refractivity contribution >= 4 is 50.9 Å². The lowest BCUT2D eigenvalue weighted by Gasteiger charge is -2.20. The standard InChI is InChI=1S/C22H25BrClN3O3/c1-4-27(5-2)22(30)18-11-10-17(12-19(18)24)26-21(29)13-20(25-14(3)28)15-6-8-16(23)9-7-15/h6-12,20H,4-5,13H2,1-3H3,(H,25,28)(H,26,29). The first-order valence-electron chi connectivity index (χ1n) is 9.66. The zero-order valence-electron chi connectivity index (χ0n) is 17.2. The van der Waals surface area contributed by atoms with Crippen LogP contribution >= 0.6 is 27.5 Å². The summed E-state index contributed by atoms with van der Waals surface area (Å²) in [5.74, 6) is -0.655. The van der Waals surface area contributed by atoms with Gasteiger partial charge in [-0.3, -0.25) is 14.4 Å². The van der Waals surface area contributed by atoms with Crippen LogP contribution < -0.4 is 10.6 Å². The predicted molar refractivity (Wildman–Crippen MR) is 123 cm³/mol. The summed E-state index contributed by atoms with van der Waals surface area (Å²) >= 11 is 9.67. The molecule has 160 valence electrons. The van der Waals surface area contributed by atoms with Crippen LogP contribution in [0.5, 0.6) is 0 Å². The van der Waals surface area contributed by atoms with Gasteiger partial charge in [0.1, 0.15) is 0 Å². The third kappa shape index (κ3) is 6.57. The Morgan fingerprint density at radius 2 is 1.70 bits per heavy atom. The van der Waals surface area contributed by atoms with Gasteiger partial charge in [0.05, 0.1) is 23.0 Å². The Labute approximate surface area is 190 Å². The van der Waals surface area contributed by atoms with Crippen LogP contribution in [-0.4, -0.2) is 35.7 Å². The van der Waals surface area contributed by atoms with Crippen molar-refractivity contribution in [2.75, 3.05) is 18.4 Å². The van der Waals surface area contributed by atoms with E-state index in [1.807, 2.05) is 38.1 Å². The SMILES string of the molecule is CCN(CC)C(=O)c1ccc(NC(=O)CC(NC(C)=O)c2ccc(Br)cc2)cc1Cl. The average Bonchev–Trinajstić information content (AvgIpc) is 2.68. The molecular formula is C22H25BrClN3O3. The molecule has 0 saturated heterocycles. The number of benzene rings is 2. The smallest absolute Gasteiger partial charge is 0.255 e. The Morgan fingerprint density at radius 3 is 2.23 bits per heavy atom. The molecule has 0 spiro atoms. The fourth-order valence-corrected chi connectivity index (χ4v) is 3.56. The van der Waals surface area contributed by atoms with Crippen LogP contribution in [0.4, 0.5) is 5.69 Å². The highest BCUT2D eigenvalue weighted by Gasteiger charge is 2.19. The predicted octanol–water partition coefficient (Wildman–Crippen LogP) is 4.79. The lowest BCUT2D eigenvalue weighted by molar-refractivity contribution is -0.120. The van der Waals surface area contributed by atoms with Crippen LogP contribution in [0.15, 0.2) is 46.9 Å². The van der Waals surface area contributed by atoms with Crippen molar-refractivity contribution in [3.8, 4) is 0 Å². The van der Waals surface area contributed by atoms with E-state index in [2.05, 4.69) is 26.6 Å². The van der Waals surface area contributed by atoms with Crippen molar-refractivity contribution in [3.63, 3.8) is 0 Å². The molecular weight excluding hydrogens is 470 g/mol. The molecule has 0 aliphatic carbocycles. The highest BCUT2D eigenvalue weighted by atomic mass is 79.9. The van der Waals surface area contributed by atoms with Crippen LogP contribution in [-0.2, 0) is 9.59 Å². The number of rotatable bonds is 8. The number of carbonyl (C=O) groups is 3. The summed E-state index contributed by atoms with van der Waals surface area (Å²) in [5, 5.41) is 5.86. The zero-order chi connectivity index (χ0) is 22.3. The van der Waals surface area contributed by atoms with Crippen LogP contribution in [0.3, 0.4) is 0 Å². The van der Waals surface area contributed by atoms with Gasteiger partial charge in [0.2, 0.25) is 11.8 Å². The van der Waals surface area contributed by atoms with E-state index in [0.717, 1.165) is 10.0 Å². The molecule has 0 radical (unpaired) electrons. The van der Waals surface area contributed by atoms with Gasteiger partial charge in [0.25, 0.3) is 5.91 Å². The maximum Gasteiger partial charge on any atom is 0.255 e. The van der Waals surface area contributed by atoms with E-state index < -0.39 is 6.04 Å². The lowest BCUT2D eigenvalue weighted by atomic mass is 10.0. The third-order valence-electron chi connectivity index (χ3n) is 4.57. The number of nitrogens with one attached hydrogen (secondary N) is 2. The summed E-state index contributed by atoms with van der Waals surface area (Å²) in [6.45, 7) is 6.40. The average molecular weight is 495 g/mol. The molecule has 0 aliphatic rings. The van der Waals surface area contributed by atoms with Crippen molar-refractivity contribution in [1.29, 1.82) is 0 Å². The van der Waals surface area contributed by atoms with Gasteiger partial charge < -0.3 is 15.5 Å². The monoisotopic (exact) mass is 493 g/mol. The fraction of sp³-hybridized carbons (Fsp3) is 0.318. The van der Waals surface area contributed by atoms with Gasteiger partial charge in [0.15, 0.2) is 0 Å². The number of nitrogens with zero attached hydrogens (tertiary/aromatic N) is 1. The number of carbonyl (C=O) groups excluding carboxylic acids is 3. The first kappa shape index (κ1) is 23.9. The quantitative estimate of drug-likeness (QED) is 0.554. The molecule has 6 nitrogen and oxygen atoms in total. The van der Waals surface area contributed by atoms with Crippen LogP contribution in [0.1, 0.15) is 49.2 Å². The highest BCUT2D eigenvalue weighted by Crippen LogP contribution is 2.24. The Balaban J connectivity index is 2.12. The van der Waals surface area contributed by atoms with Crippen LogP contribution in [0, 0.1) is 0 Å². The molecule has 0 fully saturated rings. The van der Waals surface area contributed by atoms with E-state index in [1.165, 1.54) is 6.92 Å². The Bertz CT molecular complexity index is 914. The Morgan fingerprint density at radius 1 is 1.07 bits per heavy atom. The van der Waals surface area contributed by atoms with Gasteiger partial charge >= 0.3 is 0 Å². The summed E-state index contributed by atoms with van der Waals surface area (Å²) in [5.41, 5.74) is 1.70. The van der Waals surface area contributed by atoms with E-state index in [1.54, 1.807) is 23.1 Å². The van der Waals surface area contributed by atoms with E-state index in [4.69, 9.17) is 11.6 Å². The third-order valence-corrected chi connectivity index (χ3v) is 5.41. The zero-order valence-corrected chi connectivity index (χ0v) is 19.5. The molecule has 3 amide bonds. The Hall–Kier alpha value is -2.38. The number of hydrogen-bond acceptors (Lipinski definition) is 3. The van der Waals surface area contributed by atoms with Gasteiger partial charge in [-0.1, -0.05) is 39.7 Å². The molecule has 30 heavy (non-hydrogen) atoms. The summed E-state index contributed by atoms with van der Waals surface area (Å²) in [6.07, 6.45) is 0.0545. The van der Waals surface area contributed by atoms with Crippen LogP contribution in [0.25, 0.3) is 0 Å². The summed E-state index contributed by atoms with van der Waals surface area (Å²) in [4.78, 5) is 38.3. The van der Waals surface area contributed by atoms with Crippen LogP contribution in [0.2, 0.25) is 5.02 Å². The van der Waals surface area contributed by atoms with Crippen molar-refractivity contribution in [1.82, 2.24) is 10.2 Å². The molecule has 1 unspecified atom stereocenters. The second-order valence-electron chi connectivity index (χ2n) is 6.73. The highest BCUT2D eigenvalue weighted by molar-refractivity contribution is 9.10. The number of anilines is 1. The number of hydrogen-bond donors (Lipinski definition) is 2. The number of halogens is 2. The molecule has 0 aliphatic heterocycles. The van der Waals surface area contributed by atoms with Gasteiger partial charge in [0, 0.05) is 30.2 Å². The fourth-order valence-electron chi connectivity index (χ4n) is 3.04. The maximum atomic E-state index is 12.6. The molecule has 2 aromatic rings. The molecule has 8 heteroatoms. The molecule has 2 rings (SSSR count). The van der Waals surface area contributed by atoms with Gasteiger partial charge in [-0.2, -0.15) is 0 Å². The molecule has 0 heterocycles.